The van der Waals surface area contributed by atoms with Gasteiger partial charge in [0.15, 0.2) is 11.5 Å². The lowest BCUT2D eigenvalue weighted by atomic mass is 9.66. The van der Waals surface area contributed by atoms with E-state index >= 15 is 0 Å². The molecular formula is C17H25NO2. The van der Waals surface area contributed by atoms with Crippen molar-refractivity contribution in [2.45, 2.75) is 43.6 Å². The third-order valence-corrected chi connectivity index (χ3v) is 5.39. The first-order valence-electron chi connectivity index (χ1n) is 7.64. The van der Waals surface area contributed by atoms with Gasteiger partial charge in [-0.2, -0.15) is 0 Å². The van der Waals surface area contributed by atoms with Crippen molar-refractivity contribution in [3.05, 3.63) is 23.8 Å². The van der Waals surface area contributed by atoms with E-state index in [9.17, 15) is 0 Å². The molecule has 0 radical (unpaired) electrons. The second kappa shape index (κ2) is 5.28. The van der Waals surface area contributed by atoms with Crippen molar-refractivity contribution in [2.75, 3.05) is 27.8 Å². The summed E-state index contributed by atoms with van der Waals surface area (Å²) in [5.74, 6) is 1.68. The summed E-state index contributed by atoms with van der Waals surface area (Å²) >= 11 is 0. The topological polar surface area (TPSA) is 21.7 Å². The quantitative estimate of drug-likeness (QED) is 0.845. The van der Waals surface area contributed by atoms with E-state index in [0.717, 1.165) is 11.5 Å². The highest BCUT2D eigenvalue weighted by Gasteiger charge is 2.48. The van der Waals surface area contributed by atoms with Crippen molar-refractivity contribution in [1.82, 2.24) is 4.90 Å². The van der Waals surface area contributed by atoms with Gasteiger partial charge in [0.1, 0.15) is 0 Å². The van der Waals surface area contributed by atoms with E-state index in [4.69, 9.17) is 9.47 Å². The molecule has 0 aromatic heterocycles. The molecule has 1 saturated heterocycles. The number of benzene rings is 1. The van der Waals surface area contributed by atoms with E-state index < -0.39 is 0 Å². The molecule has 3 nitrogen and oxygen atoms in total. The van der Waals surface area contributed by atoms with Crippen LogP contribution >= 0.6 is 0 Å². The first kappa shape index (κ1) is 13.7. The molecule has 3 rings (SSSR count). The van der Waals surface area contributed by atoms with E-state index in [-0.39, 0.29) is 0 Å². The molecular weight excluding hydrogens is 250 g/mol. The largest absolute Gasteiger partial charge is 0.493 e. The molecule has 2 fully saturated rings. The van der Waals surface area contributed by atoms with Gasteiger partial charge < -0.3 is 14.4 Å². The van der Waals surface area contributed by atoms with Crippen molar-refractivity contribution in [1.29, 1.82) is 0 Å². The van der Waals surface area contributed by atoms with E-state index in [1.165, 1.54) is 44.2 Å². The molecule has 1 aromatic carbocycles. The predicted octanol–water partition coefficient (Wildman–Crippen LogP) is 3.22. The maximum atomic E-state index is 5.50. The molecule has 1 aliphatic heterocycles. The zero-order chi connectivity index (χ0) is 14.2. The summed E-state index contributed by atoms with van der Waals surface area (Å²) in [6, 6.07) is 7.21. The average molecular weight is 275 g/mol. The van der Waals surface area contributed by atoms with Crippen molar-refractivity contribution in [3.63, 3.8) is 0 Å². The molecule has 1 aromatic rings. The number of likely N-dealkylation sites (N-methyl/N-ethyl adjacent to an activating group) is 1. The van der Waals surface area contributed by atoms with Crippen molar-refractivity contribution >= 4 is 0 Å². The van der Waals surface area contributed by atoms with Gasteiger partial charge in [0.25, 0.3) is 0 Å². The van der Waals surface area contributed by atoms with Crippen molar-refractivity contribution in [3.8, 4) is 11.5 Å². The molecule has 0 N–H and O–H groups in total. The van der Waals surface area contributed by atoms with E-state index in [1.54, 1.807) is 14.2 Å². The number of hydrogen-bond donors (Lipinski definition) is 0. The lowest BCUT2D eigenvalue weighted by Gasteiger charge is -2.42. The van der Waals surface area contributed by atoms with Gasteiger partial charge in [-0.05, 0) is 50.6 Å². The SMILES string of the molecule is COc1ccc([C@]23CCCCC2N(C)CC3)cc1OC. The molecule has 1 saturated carbocycles. The summed E-state index contributed by atoms with van der Waals surface area (Å²) in [6.07, 6.45) is 6.61. The van der Waals surface area contributed by atoms with E-state index in [2.05, 4.69) is 30.1 Å². The summed E-state index contributed by atoms with van der Waals surface area (Å²) in [5, 5.41) is 0. The Balaban J connectivity index is 2.02. The van der Waals surface area contributed by atoms with Crippen LogP contribution in [0.3, 0.4) is 0 Å². The molecule has 0 bridgehead atoms. The number of rotatable bonds is 3. The third kappa shape index (κ3) is 1.99. The van der Waals surface area contributed by atoms with Crippen LogP contribution in [0, 0.1) is 0 Å². The van der Waals surface area contributed by atoms with Gasteiger partial charge in [-0.3, -0.25) is 0 Å². The number of nitrogens with zero attached hydrogens (tertiary/aromatic N) is 1. The van der Waals surface area contributed by atoms with Crippen LogP contribution in [0.2, 0.25) is 0 Å². The molecule has 3 heteroatoms. The highest BCUT2D eigenvalue weighted by Crippen LogP contribution is 2.49. The predicted molar refractivity (Wildman–Crippen MR) is 80.7 cm³/mol. The third-order valence-electron chi connectivity index (χ3n) is 5.39. The van der Waals surface area contributed by atoms with Crippen LogP contribution in [0.25, 0.3) is 0 Å². The highest BCUT2D eigenvalue weighted by atomic mass is 16.5. The molecule has 2 aliphatic rings. The lowest BCUT2D eigenvalue weighted by molar-refractivity contribution is 0.181. The Morgan fingerprint density at radius 3 is 2.65 bits per heavy atom. The molecule has 2 atom stereocenters. The molecule has 0 amide bonds. The van der Waals surface area contributed by atoms with Crippen LogP contribution in [0.1, 0.15) is 37.7 Å². The van der Waals surface area contributed by atoms with Crippen LogP contribution < -0.4 is 9.47 Å². The lowest BCUT2D eigenvalue weighted by Crippen LogP contribution is -2.43. The second-order valence-electron chi connectivity index (χ2n) is 6.22. The standard InChI is InChI=1S/C17H25NO2/c1-18-11-10-17(9-5-4-6-16(17)18)13-7-8-14(19-2)15(12-13)20-3/h7-8,12,16H,4-6,9-11H2,1-3H3/t16?,17-/m1/s1. The van der Waals surface area contributed by atoms with Crippen LogP contribution in [-0.2, 0) is 5.41 Å². The minimum absolute atomic E-state index is 0.326. The summed E-state index contributed by atoms with van der Waals surface area (Å²) in [5.41, 5.74) is 1.76. The fourth-order valence-corrected chi connectivity index (χ4v) is 4.31. The number of methoxy groups -OCH3 is 2. The fraction of sp³-hybridized carbons (Fsp3) is 0.647. The van der Waals surface area contributed by atoms with Gasteiger partial charge in [0.2, 0.25) is 0 Å². The minimum atomic E-state index is 0.326. The van der Waals surface area contributed by atoms with Gasteiger partial charge in [-0.25, -0.2) is 0 Å². The zero-order valence-electron chi connectivity index (χ0n) is 12.8. The maximum Gasteiger partial charge on any atom is 0.161 e. The number of hydrogen-bond acceptors (Lipinski definition) is 3. The Labute approximate surface area is 121 Å². The maximum absolute atomic E-state index is 5.50. The number of likely N-dealkylation sites (tertiary alicyclic amines) is 1. The molecule has 110 valence electrons. The first-order chi connectivity index (χ1) is 9.71. The molecule has 0 spiro atoms. The monoisotopic (exact) mass is 275 g/mol. The summed E-state index contributed by atoms with van der Waals surface area (Å²) in [6.45, 7) is 1.21. The minimum Gasteiger partial charge on any atom is -0.493 e. The van der Waals surface area contributed by atoms with Crippen LogP contribution in [0.5, 0.6) is 11.5 Å². The van der Waals surface area contributed by atoms with Crippen molar-refractivity contribution in [2.24, 2.45) is 0 Å². The van der Waals surface area contributed by atoms with Crippen LogP contribution in [-0.4, -0.2) is 38.8 Å². The van der Waals surface area contributed by atoms with Crippen LogP contribution in [0.4, 0.5) is 0 Å². The summed E-state index contributed by atoms with van der Waals surface area (Å²) in [4.78, 5) is 2.55. The Bertz CT molecular complexity index is 484. The second-order valence-corrected chi connectivity index (χ2v) is 6.22. The zero-order valence-corrected chi connectivity index (χ0v) is 12.8. The van der Waals surface area contributed by atoms with Crippen molar-refractivity contribution < 1.29 is 9.47 Å². The fourth-order valence-electron chi connectivity index (χ4n) is 4.31. The highest BCUT2D eigenvalue weighted by molar-refractivity contribution is 5.46. The Hall–Kier alpha value is -1.22. The smallest absolute Gasteiger partial charge is 0.161 e. The number of ether oxygens (including phenoxy) is 2. The Morgan fingerprint density at radius 2 is 1.90 bits per heavy atom. The van der Waals surface area contributed by atoms with Gasteiger partial charge >= 0.3 is 0 Å². The summed E-state index contributed by atoms with van der Waals surface area (Å²) < 4.78 is 10.9. The normalized spacial score (nSPS) is 30.1. The molecule has 1 heterocycles. The van der Waals surface area contributed by atoms with E-state index in [1.807, 2.05) is 0 Å². The van der Waals surface area contributed by atoms with Gasteiger partial charge in [-0.1, -0.05) is 18.9 Å². The Kier molecular flexibility index (Phi) is 3.63. The molecule has 1 unspecified atom stereocenters. The van der Waals surface area contributed by atoms with Gasteiger partial charge in [-0.15, -0.1) is 0 Å². The number of fused-ring (bicyclic) bond motifs is 1. The van der Waals surface area contributed by atoms with E-state index in [0.29, 0.717) is 11.5 Å². The van der Waals surface area contributed by atoms with Gasteiger partial charge in [0, 0.05) is 11.5 Å². The van der Waals surface area contributed by atoms with Crippen LogP contribution in [0.15, 0.2) is 18.2 Å². The first-order valence-corrected chi connectivity index (χ1v) is 7.64. The molecule has 20 heavy (non-hydrogen) atoms. The molecule has 1 aliphatic carbocycles. The average Bonchev–Trinajstić information content (AvgIpc) is 2.85. The van der Waals surface area contributed by atoms with Gasteiger partial charge in [0.05, 0.1) is 14.2 Å². The summed E-state index contributed by atoms with van der Waals surface area (Å²) in [7, 11) is 5.69. The Morgan fingerprint density at radius 1 is 1.10 bits per heavy atom.